The van der Waals surface area contributed by atoms with Gasteiger partial charge in [0.25, 0.3) is 0 Å². The normalized spacial score (nSPS) is 16.3. The Morgan fingerprint density at radius 3 is 2.39 bits per heavy atom. The fourth-order valence-electron chi connectivity index (χ4n) is 3.59. The minimum Gasteiger partial charge on any atom is -0.497 e. The van der Waals surface area contributed by atoms with Crippen molar-refractivity contribution in [1.29, 1.82) is 0 Å². The van der Waals surface area contributed by atoms with Crippen LogP contribution < -0.4 is 10.1 Å². The Balaban J connectivity index is 1.73. The Hall–Kier alpha value is -2.91. The van der Waals surface area contributed by atoms with Crippen LogP contribution in [0.5, 0.6) is 5.75 Å². The number of amides is 2. The zero-order chi connectivity index (χ0) is 22.6. The van der Waals surface area contributed by atoms with E-state index in [0.29, 0.717) is 11.4 Å². The van der Waals surface area contributed by atoms with Gasteiger partial charge in [0.15, 0.2) is 0 Å². The van der Waals surface area contributed by atoms with Gasteiger partial charge >= 0.3 is 0 Å². The van der Waals surface area contributed by atoms with Crippen LogP contribution in [0, 0.1) is 0 Å². The van der Waals surface area contributed by atoms with Gasteiger partial charge in [-0.05, 0) is 48.7 Å². The van der Waals surface area contributed by atoms with E-state index >= 15 is 0 Å². The molecule has 2 aromatic carbocycles. The number of nitrogens with one attached hydrogen (secondary N) is 1. The molecule has 8 nitrogen and oxygen atoms in total. The van der Waals surface area contributed by atoms with Gasteiger partial charge in [0.2, 0.25) is 21.8 Å². The minimum atomic E-state index is -3.60. The number of nitrogens with zero attached hydrogens (tertiary/aromatic N) is 2. The van der Waals surface area contributed by atoms with E-state index in [1.807, 2.05) is 24.3 Å². The summed E-state index contributed by atoms with van der Waals surface area (Å²) in [6, 6.07) is 13.5. The van der Waals surface area contributed by atoms with Gasteiger partial charge in [0.05, 0.1) is 19.4 Å². The number of benzene rings is 2. The zero-order valence-electron chi connectivity index (χ0n) is 17.9. The van der Waals surface area contributed by atoms with Crippen molar-refractivity contribution >= 4 is 27.5 Å². The number of carbonyl (C=O) groups is 2. The second-order valence-electron chi connectivity index (χ2n) is 7.41. The Bertz CT molecular complexity index is 1050. The molecule has 0 aromatic heterocycles. The third-order valence-electron chi connectivity index (χ3n) is 5.34. The van der Waals surface area contributed by atoms with Gasteiger partial charge in [0, 0.05) is 19.3 Å². The summed E-state index contributed by atoms with van der Waals surface area (Å²) in [5, 5.41) is 2.73. The van der Waals surface area contributed by atoms with Crippen molar-refractivity contribution in [1.82, 2.24) is 9.21 Å². The van der Waals surface area contributed by atoms with Gasteiger partial charge in [-0.2, -0.15) is 4.31 Å². The summed E-state index contributed by atoms with van der Waals surface area (Å²) < 4.78 is 31.7. The van der Waals surface area contributed by atoms with Crippen LogP contribution in [0.15, 0.2) is 48.5 Å². The predicted molar refractivity (Wildman–Crippen MR) is 118 cm³/mol. The highest BCUT2D eigenvalue weighted by Crippen LogP contribution is 2.27. The van der Waals surface area contributed by atoms with Crippen molar-refractivity contribution in [3.05, 3.63) is 59.7 Å². The quantitative estimate of drug-likeness (QED) is 0.702. The molecule has 0 spiro atoms. The number of hydrogen-bond donors (Lipinski definition) is 1. The molecule has 3 rings (SSSR count). The second kappa shape index (κ2) is 9.49. The summed E-state index contributed by atoms with van der Waals surface area (Å²) in [4.78, 5) is 26.9. The number of fused-ring (bicyclic) bond motifs is 1. The first-order valence-electron chi connectivity index (χ1n) is 10.0. The Kier molecular flexibility index (Phi) is 6.97. The van der Waals surface area contributed by atoms with Crippen LogP contribution in [0.3, 0.4) is 0 Å². The molecule has 1 N–H and O–H groups in total. The lowest BCUT2D eigenvalue weighted by Gasteiger charge is -2.36. The van der Waals surface area contributed by atoms with E-state index in [-0.39, 0.29) is 31.2 Å². The molecule has 0 radical (unpaired) electrons. The average molecular weight is 446 g/mol. The molecule has 9 heteroatoms. The lowest BCUT2D eigenvalue weighted by Crippen LogP contribution is -2.54. The number of anilines is 1. The van der Waals surface area contributed by atoms with E-state index in [4.69, 9.17) is 4.74 Å². The van der Waals surface area contributed by atoms with Gasteiger partial charge in [0.1, 0.15) is 11.8 Å². The van der Waals surface area contributed by atoms with Crippen LogP contribution in [-0.2, 0) is 32.6 Å². The first kappa shape index (κ1) is 22.8. The Morgan fingerprint density at radius 1 is 1.13 bits per heavy atom. The van der Waals surface area contributed by atoms with Crippen LogP contribution in [0.4, 0.5) is 5.69 Å². The molecule has 31 heavy (non-hydrogen) atoms. The van der Waals surface area contributed by atoms with E-state index < -0.39 is 22.0 Å². The molecule has 2 aromatic rings. The molecular weight excluding hydrogens is 418 g/mol. The molecule has 0 aliphatic carbocycles. The molecule has 2 amide bonds. The Morgan fingerprint density at radius 2 is 1.77 bits per heavy atom. The smallest absolute Gasteiger partial charge is 0.243 e. The summed E-state index contributed by atoms with van der Waals surface area (Å²) in [6.07, 6.45) is 0.276. The molecule has 1 aliphatic rings. The van der Waals surface area contributed by atoms with Crippen molar-refractivity contribution in [2.24, 2.45) is 0 Å². The van der Waals surface area contributed by atoms with Crippen LogP contribution in [0.2, 0.25) is 0 Å². The molecule has 1 heterocycles. The monoisotopic (exact) mass is 445 g/mol. The lowest BCUT2D eigenvalue weighted by molar-refractivity contribution is -0.137. The molecule has 0 saturated heterocycles. The van der Waals surface area contributed by atoms with E-state index in [1.165, 1.54) is 16.3 Å². The largest absolute Gasteiger partial charge is 0.497 e. The highest BCUT2D eigenvalue weighted by atomic mass is 32.2. The molecule has 1 atom stereocenters. The third-order valence-corrected chi connectivity index (χ3v) is 7.17. The van der Waals surface area contributed by atoms with E-state index in [1.54, 1.807) is 38.3 Å². The van der Waals surface area contributed by atoms with Crippen molar-refractivity contribution in [3.8, 4) is 5.75 Å². The third kappa shape index (κ3) is 5.23. The van der Waals surface area contributed by atoms with Crippen LogP contribution in [0.25, 0.3) is 0 Å². The first-order valence-corrected chi connectivity index (χ1v) is 11.6. The molecule has 1 unspecified atom stereocenters. The van der Waals surface area contributed by atoms with Crippen molar-refractivity contribution in [3.63, 3.8) is 0 Å². The number of methoxy groups -OCH3 is 1. The molecule has 1 aliphatic heterocycles. The van der Waals surface area contributed by atoms with Gasteiger partial charge in [-0.1, -0.05) is 24.3 Å². The highest BCUT2D eigenvalue weighted by Gasteiger charge is 2.39. The Labute approximate surface area is 182 Å². The summed E-state index contributed by atoms with van der Waals surface area (Å²) in [6.45, 7) is 1.51. The molecule has 166 valence electrons. The summed E-state index contributed by atoms with van der Waals surface area (Å²) in [7, 11) is -0.539. The van der Waals surface area contributed by atoms with Gasteiger partial charge in [-0.15, -0.1) is 0 Å². The van der Waals surface area contributed by atoms with Crippen LogP contribution in [-0.4, -0.2) is 61.9 Å². The average Bonchev–Trinajstić information content (AvgIpc) is 2.78. The van der Waals surface area contributed by atoms with Crippen molar-refractivity contribution in [2.45, 2.75) is 25.9 Å². The summed E-state index contributed by atoms with van der Waals surface area (Å²) in [5.41, 5.74) is 2.41. The predicted octanol–water partition coefficient (Wildman–Crippen LogP) is 1.87. The number of rotatable bonds is 7. The number of hydrogen-bond acceptors (Lipinski definition) is 5. The standard InChI is InChI=1S/C22H27N3O5S/c1-4-31(28,29)25-14-17-8-6-5-7-16(17)13-20(25)22(27)24(2)15-21(26)23-18-9-11-19(30-3)12-10-18/h5-12,20H,4,13-15H2,1-3H3,(H,23,26). The molecule has 0 saturated carbocycles. The van der Waals surface area contributed by atoms with Gasteiger partial charge < -0.3 is 15.0 Å². The fraction of sp³-hybridized carbons (Fsp3) is 0.364. The number of ether oxygens (including phenoxy) is 1. The fourth-order valence-corrected chi connectivity index (χ4v) is 4.81. The zero-order valence-corrected chi connectivity index (χ0v) is 18.7. The SMILES string of the molecule is CCS(=O)(=O)N1Cc2ccccc2CC1C(=O)N(C)CC(=O)Nc1ccc(OC)cc1. The summed E-state index contributed by atoms with van der Waals surface area (Å²) in [5.74, 6) is -0.209. The number of sulfonamides is 1. The van der Waals surface area contributed by atoms with Gasteiger partial charge in [-0.25, -0.2) is 8.42 Å². The van der Waals surface area contributed by atoms with Gasteiger partial charge in [-0.3, -0.25) is 9.59 Å². The first-order chi connectivity index (χ1) is 14.7. The minimum absolute atomic E-state index is 0.0966. The van der Waals surface area contributed by atoms with Crippen molar-refractivity contribution < 1.29 is 22.7 Å². The lowest BCUT2D eigenvalue weighted by atomic mass is 9.95. The topological polar surface area (TPSA) is 96.0 Å². The van der Waals surface area contributed by atoms with E-state index in [2.05, 4.69) is 5.32 Å². The van der Waals surface area contributed by atoms with Crippen LogP contribution >= 0.6 is 0 Å². The number of likely N-dealkylation sites (N-methyl/N-ethyl adjacent to an activating group) is 1. The maximum atomic E-state index is 13.2. The highest BCUT2D eigenvalue weighted by molar-refractivity contribution is 7.89. The summed E-state index contributed by atoms with van der Waals surface area (Å²) >= 11 is 0. The second-order valence-corrected chi connectivity index (χ2v) is 9.62. The van der Waals surface area contributed by atoms with E-state index in [0.717, 1.165) is 11.1 Å². The maximum Gasteiger partial charge on any atom is 0.243 e. The molecule has 0 fully saturated rings. The number of carbonyl (C=O) groups excluding carboxylic acids is 2. The van der Waals surface area contributed by atoms with Crippen LogP contribution in [0.1, 0.15) is 18.1 Å². The molecular formula is C22H27N3O5S. The van der Waals surface area contributed by atoms with Crippen molar-refractivity contribution in [2.75, 3.05) is 31.8 Å². The molecule has 0 bridgehead atoms. The van der Waals surface area contributed by atoms with E-state index in [9.17, 15) is 18.0 Å². The maximum absolute atomic E-state index is 13.2.